The lowest BCUT2D eigenvalue weighted by Crippen LogP contribution is -2.29. The molecule has 1 unspecified atom stereocenters. The molecule has 0 heterocycles. The zero-order chi connectivity index (χ0) is 36.8. The van der Waals surface area contributed by atoms with E-state index in [1.807, 2.05) is 0 Å². The molecule has 0 amide bonds. The van der Waals surface area contributed by atoms with Gasteiger partial charge in [-0.05, 0) is 77.0 Å². The summed E-state index contributed by atoms with van der Waals surface area (Å²) in [7, 11) is -4.38. The Morgan fingerprint density at radius 2 is 1.08 bits per heavy atom. The molecular weight excluding hydrogens is 653 g/mol. The first kappa shape index (κ1) is 47.7. The Balaban J connectivity index is 4.30. The standard InChI is InChI=1S/C40H70NO8P/c1-3-5-7-9-11-13-15-17-18-19-20-21-23-24-26-28-30-32-39(42)46-36-38(37-48-50(44,45)47-35-34-41)49-40(43)33-31-29-27-25-22-16-14-12-10-8-6-4-2/h7,9,12-15,18-19,21,23,38H,3-6,8,10-11,16-17,20,22,24-37,41H2,1-2H3,(H,44,45)/b9-7+,14-12+,15-13+,19-18+,23-21+/t38-/m0/s1. The third kappa shape index (κ3) is 35.5. The van der Waals surface area contributed by atoms with Gasteiger partial charge in [0.05, 0.1) is 13.2 Å². The monoisotopic (exact) mass is 723 g/mol. The summed E-state index contributed by atoms with van der Waals surface area (Å²) in [6.45, 7) is 3.56. The van der Waals surface area contributed by atoms with E-state index in [9.17, 15) is 19.0 Å². The lowest BCUT2D eigenvalue weighted by molar-refractivity contribution is -0.161. The number of unbranched alkanes of at least 4 members (excludes halogenated alkanes) is 12. The Kier molecular flexibility index (Phi) is 34.8. The van der Waals surface area contributed by atoms with Crippen molar-refractivity contribution in [2.75, 3.05) is 26.4 Å². The molecule has 9 nitrogen and oxygen atoms in total. The molecule has 3 N–H and O–H groups in total. The Labute approximate surface area is 304 Å². The van der Waals surface area contributed by atoms with E-state index in [4.69, 9.17) is 24.3 Å². The zero-order valence-electron chi connectivity index (χ0n) is 31.4. The molecule has 0 aliphatic heterocycles. The number of allylic oxidation sites excluding steroid dienone is 10. The molecule has 288 valence electrons. The van der Waals surface area contributed by atoms with Crippen molar-refractivity contribution in [2.45, 2.75) is 155 Å². The Bertz CT molecular complexity index is 1010. The highest BCUT2D eigenvalue weighted by atomic mass is 31.2. The largest absolute Gasteiger partial charge is 0.472 e. The van der Waals surface area contributed by atoms with E-state index in [0.717, 1.165) is 83.5 Å². The van der Waals surface area contributed by atoms with Crippen LogP contribution in [0, 0.1) is 0 Å². The second kappa shape index (κ2) is 36.5. The zero-order valence-corrected chi connectivity index (χ0v) is 32.3. The van der Waals surface area contributed by atoms with Gasteiger partial charge in [0.2, 0.25) is 0 Å². The molecule has 0 bridgehead atoms. The minimum Gasteiger partial charge on any atom is -0.462 e. The SMILES string of the molecule is CCC/C=C/C/C=C/C/C=C/C/C=C/CCCCCC(=O)OC[C@@H](COP(=O)(O)OCCN)OC(=O)CCCCCCC/C=C/CCCCC. The van der Waals surface area contributed by atoms with Gasteiger partial charge in [-0.1, -0.05) is 120 Å². The third-order valence-electron chi connectivity index (χ3n) is 7.61. The molecule has 10 heteroatoms. The topological polar surface area (TPSA) is 134 Å². The van der Waals surface area contributed by atoms with E-state index in [2.05, 4.69) is 74.6 Å². The average Bonchev–Trinajstić information content (AvgIpc) is 3.10. The van der Waals surface area contributed by atoms with Crippen LogP contribution >= 0.6 is 7.82 Å². The summed E-state index contributed by atoms with van der Waals surface area (Å²) >= 11 is 0. The van der Waals surface area contributed by atoms with Crippen LogP contribution in [0.2, 0.25) is 0 Å². The molecular formula is C40H70NO8P. The Morgan fingerprint density at radius 1 is 0.600 bits per heavy atom. The van der Waals surface area contributed by atoms with E-state index in [1.165, 1.54) is 25.7 Å². The maximum atomic E-state index is 12.5. The summed E-state index contributed by atoms with van der Waals surface area (Å²) in [5.74, 6) is -0.883. The summed E-state index contributed by atoms with van der Waals surface area (Å²) in [6, 6.07) is 0. The summed E-state index contributed by atoms with van der Waals surface area (Å²) in [4.78, 5) is 34.7. The minimum absolute atomic E-state index is 0.0448. The van der Waals surface area contributed by atoms with E-state index < -0.39 is 32.5 Å². The fourth-order valence-corrected chi connectivity index (χ4v) is 5.50. The van der Waals surface area contributed by atoms with Crippen LogP contribution < -0.4 is 5.73 Å². The molecule has 0 aromatic heterocycles. The number of nitrogens with two attached hydrogens (primary N) is 1. The normalized spacial score (nSPS) is 14.1. The van der Waals surface area contributed by atoms with Crippen LogP contribution in [0.3, 0.4) is 0 Å². The van der Waals surface area contributed by atoms with Crippen LogP contribution in [-0.4, -0.2) is 49.3 Å². The molecule has 0 saturated carbocycles. The molecule has 50 heavy (non-hydrogen) atoms. The minimum atomic E-state index is -4.38. The highest BCUT2D eigenvalue weighted by Gasteiger charge is 2.25. The smallest absolute Gasteiger partial charge is 0.462 e. The van der Waals surface area contributed by atoms with Crippen LogP contribution in [0.5, 0.6) is 0 Å². The van der Waals surface area contributed by atoms with Gasteiger partial charge < -0.3 is 20.1 Å². The predicted molar refractivity (Wildman–Crippen MR) is 206 cm³/mol. The molecule has 0 radical (unpaired) electrons. The van der Waals surface area contributed by atoms with Crippen molar-refractivity contribution in [1.82, 2.24) is 0 Å². The van der Waals surface area contributed by atoms with Crippen molar-refractivity contribution in [3.63, 3.8) is 0 Å². The molecule has 0 rings (SSSR count). The molecule has 0 saturated heterocycles. The van der Waals surface area contributed by atoms with E-state index >= 15 is 0 Å². The number of hydrogen-bond donors (Lipinski definition) is 2. The van der Waals surface area contributed by atoms with Crippen LogP contribution in [0.4, 0.5) is 0 Å². The number of ether oxygens (including phenoxy) is 2. The van der Waals surface area contributed by atoms with Crippen molar-refractivity contribution in [3.8, 4) is 0 Å². The number of phosphoric ester groups is 1. The number of hydrogen-bond acceptors (Lipinski definition) is 8. The van der Waals surface area contributed by atoms with Gasteiger partial charge in [-0.15, -0.1) is 0 Å². The van der Waals surface area contributed by atoms with Crippen molar-refractivity contribution < 1.29 is 37.6 Å². The molecule has 0 spiro atoms. The first-order chi connectivity index (χ1) is 24.3. The third-order valence-corrected chi connectivity index (χ3v) is 8.59. The summed E-state index contributed by atoms with van der Waals surface area (Å²) < 4.78 is 32.6. The molecule has 0 aliphatic carbocycles. The van der Waals surface area contributed by atoms with Crippen molar-refractivity contribution >= 4 is 19.8 Å². The highest BCUT2D eigenvalue weighted by Crippen LogP contribution is 2.43. The summed E-state index contributed by atoms with van der Waals surface area (Å²) in [6.07, 6.45) is 41.1. The molecule has 0 fully saturated rings. The number of esters is 2. The second-order valence-electron chi connectivity index (χ2n) is 12.4. The quantitative estimate of drug-likeness (QED) is 0.0283. The number of phosphoric acid groups is 1. The van der Waals surface area contributed by atoms with E-state index in [-0.39, 0.29) is 32.6 Å². The van der Waals surface area contributed by atoms with Crippen molar-refractivity contribution in [1.29, 1.82) is 0 Å². The van der Waals surface area contributed by atoms with Gasteiger partial charge in [0, 0.05) is 19.4 Å². The lowest BCUT2D eigenvalue weighted by atomic mass is 10.1. The predicted octanol–water partition coefficient (Wildman–Crippen LogP) is 10.5. The van der Waals surface area contributed by atoms with Crippen LogP contribution in [0.15, 0.2) is 60.8 Å². The maximum Gasteiger partial charge on any atom is 0.472 e. The van der Waals surface area contributed by atoms with Gasteiger partial charge in [0.1, 0.15) is 6.61 Å². The fourth-order valence-electron chi connectivity index (χ4n) is 4.74. The van der Waals surface area contributed by atoms with E-state index in [0.29, 0.717) is 12.8 Å². The molecule has 0 aromatic carbocycles. The highest BCUT2D eigenvalue weighted by molar-refractivity contribution is 7.47. The van der Waals surface area contributed by atoms with Gasteiger partial charge in [-0.25, -0.2) is 4.57 Å². The van der Waals surface area contributed by atoms with Gasteiger partial charge in [0.15, 0.2) is 6.10 Å². The summed E-state index contributed by atoms with van der Waals surface area (Å²) in [5, 5.41) is 0. The maximum absolute atomic E-state index is 12.5. The van der Waals surface area contributed by atoms with Crippen LogP contribution in [0.1, 0.15) is 149 Å². The average molecular weight is 724 g/mol. The van der Waals surface area contributed by atoms with Gasteiger partial charge >= 0.3 is 19.8 Å². The van der Waals surface area contributed by atoms with Crippen LogP contribution in [0.25, 0.3) is 0 Å². The lowest BCUT2D eigenvalue weighted by Gasteiger charge is -2.19. The first-order valence-corrected chi connectivity index (χ1v) is 20.8. The Morgan fingerprint density at radius 3 is 1.66 bits per heavy atom. The molecule has 2 atom stereocenters. The van der Waals surface area contributed by atoms with Crippen molar-refractivity contribution in [3.05, 3.63) is 60.8 Å². The Hall–Kier alpha value is -2.29. The van der Waals surface area contributed by atoms with Crippen molar-refractivity contribution in [2.24, 2.45) is 5.73 Å². The van der Waals surface area contributed by atoms with Gasteiger partial charge in [-0.3, -0.25) is 18.6 Å². The van der Waals surface area contributed by atoms with E-state index in [1.54, 1.807) is 0 Å². The number of carbonyl (C=O) groups excluding carboxylic acids is 2. The number of carbonyl (C=O) groups is 2. The van der Waals surface area contributed by atoms with Gasteiger partial charge in [-0.2, -0.15) is 0 Å². The second-order valence-corrected chi connectivity index (χ2v) is 13.9. The summed E-state index contributed by atoms with van der Waals surface area (Å²) in [5.41, 5.74) is 5.33. The molecule has 0 aliphatic rings. The van der Waals surface area contributed by atoms with Crippen LogP contribution in [-0.2, 0) is 32.7 Å². The van der Waals surface area contributed by atoms with Gasteiger partial charge in [0.25, 0.3) is 0 Å². The first-order valence-electron chi connectivity index (χ1n) is 19.3. The molecule has 0 aromatic rings. The number of rotatable bonds is 35. The fraction of sp³-hybridized carbons (Fsp3) is 0.700.